The first-order valence-corrected chi connectivity index (χ1v) is 9.31. The van der Waals surface area contributed by atoms with E-state index < -0.39 is 5.91 Å². The number of carbonyl (C=O) groups excluding carboxylic acids is 2. The molecule has 140 valence electrons. The topological polar surface area (TPSA) is 76.3 Å². The maximum atomic E-state index is 12.5. The van der Waals surface area contributed by atoms with Crippen molar-refractivity contribution < 1.29 is 9.59 Å². The molecule has 2 N–H and O–H groups in total. The lowest BCUT2D eigenvalue weighted by atomic mass is 10.0. The molecule has 2 heterocycles. The van der Waals surface area contributed by atoms with Crippen molar-refractivity contribution >= 4 is 34.8 Å². The van der Waals surface area contributed by atoms with E-state index in [-0.39, 0.29) is 11.6 Å². The van der Waals surface area contributed by atoms with Crippen molar-refractivity contribution in [1.82, 2.24) is 4.98 Å². The minimum Gasteiger partial charge on any atom is -0.364 e. The van der Waals surface area contributed by atoms with Gasteiger partial charge in [-0.15, -0.1) is 0 Å². The van der Waals surface area contributed by atoms with E-state index in [4.69, 9.17) is 17.3 Å². The predicted molar refractivity (Wildman–Crippen MR) is 110 cm³/mol. The first kappa shape index (κ1) is 18.2. The third kappa shape index (κ3) is 3.25. The van der Waals surface area contributed by atoms with Crippen molar-refractivity contribution in [3.05, 3.63) is 76.4 Å². The number of fused-ring (bicyclic) bond motifs is 2. The lowest BCUT2D eigenvalue weighted by molar-refractivity contribution is -0.115. The third-order valence-corrected chi connectivity index (χ3v) is 5.11. The van der Waals surface area contributed by atoms with E-state index in [0.717, 1.165) is 40.9 Å². The Kier molecular flexibility index (Phi) is 4.61. The van der Waals surface area contributed by atoms with Gasteiger partial charge in [-0.3, -0.25) is 14.5 Å². The fourth-order valence-electron chi connectivity index (χ4n) is 3.61. The van der Waals surface area contributed by atoms with Crippen LogP contribution >= 0.6 is 11.6 Å². The van der Waals surface area contributed by atoms with Gasteiger partial charge in [0, 0.05) is 17.5 Å². The van der Waals surface area contributed by atoms with Crippen molar-refractivity contribution in [2.75, 3.05) is 4.90 Å². The number of halogens is 1. The Morgan fingerprint density at radius 3 is 2.36 bits per heavy atom. The van der Waals surface area contributed by atoms with Crippen LogP contribution in [0.15, 0.2) is 54.6 Å². The fourth-order valence-corrected chi connectivity index (χ4v) is 3.80. The highest BCUT2D eigenvalue weighted by Crippen LogP contribution is 2.38. The summed E-state index contributed by atoms with van der Waals surface area (Å²) < 4.78 is 0. The molecule has 2 aromatic carbocycles. The summed E-state index contributed by atoms with van der Waals surface area (Å²) in [7, 11) is 0. The number of nitrogens with two attached hydrogens (primary N) is 1. The lowest BCUT2D eigenvalue weighted by Gasteiger charge is -2.24. The van der Waals surface area contributed by atoms with Crippen LogP contribution < -0.4 is 10.6 Å². The normalized spacial score (nSPS) is 12.7. The van der Waals surface area contributed by atoms with Crippen LogP contribution in [-0.2, 0) is 17.6 Å². The first-order chi connectivity index (χ1) is 13.4. The summed E-state index contributed by atoms with van der Waals surface area (Å²) in [4.78, 5) is 30.0. The Balaban J connectivity index is 1.82. The molecular formula is C22H18ClN3O2. The van der Waals surface area contributed by atoms with Gasteiger partial charge in [-0.05, 0) is 66.4 Å². The van der Waals surface area contributed by atoms with E-state index in [1.807, 2.05) is 36.4 Å². The molecule has 28 heavy (non-hydrogen) atoms. The molecule has 0 unspecified atom stereocenters. The Hall–Kier alpha value is -3.18. The molecule has 1 aliphatic heterocycles. The van der Waals surface area contributed by atoms with Gasteiger partial charge >= 0.3 is 0 Å². The number of rotatable bonds is 2. The van der Waals surface area contributed by atoms with Gasteiger partial charge in [-0.1, -0.05) is 23.7 Å². The molecule has 3 aromatic rings. The summed E-state index contributed by atoms with van der Waals surface area (Å²) in [5.74, 6) is -0.625. The van der Waals surface area contributed by atoms with Crippen molar-refractivity contribution in [3.63, 3.8) is 0 Å². The van der Waals surface area contributed by atoms with Crippen molar-refractivity contribution in [1.29, 1.82) is 0 Å². The van der Waals surface area contributed by atoms with Gasteiger partial charge in [-0.25, -0.2) is 4.98 Å². The standard InChI is InChI=1S/C22H18ClN3O2/c1-13(27)26-20-9-7-14(18-3-2-4-19(25-18)22(24)28)11-15(20)5-6-16-12-17(23)8-10-21(16)26/h2-4,7-12H,5-6H2,1H3,(H2,24,28). The molecule has 5 nitrogen and oxygen atoms in total. The van der Waals surface area contributed by atoms with Crippen LogP contribution in [-0.4, -0.2) is 16.8 Å². The molecule has 0 bridgehead atoms. The Labute approximate surface area is 167 Å². The molecule has 2 amide bonds. The molecule has 1 aromatic heterocycles. The molecular weight excluding hydrogens is 374 g/mol. The molecule has 0 saturated carbocycles. The van der Waals surface area contributed by atoms with Gasteiger partial charge in [0.2, 0.25) is 5.91 Å². The zero-order valence-electron chi connectivity index (χ0n) is 15.3. The summed E-state index contributed by atoms with van der Waals surface area (Å²) in [6.07, 6.45) is 1.53. The van der Waals surface area contributed by atoms with E-state index in [9.17, 15) is 9.59 Å². The van der Waals surface area contributed by atoms with Gasteiger partial charge in [-0.2, -0.15) is 0 Å². The number of aryl methyl sites for hydroxylation is 2. The fraction of sp³-hybridized carbons (Fsp3) is 0.136. The highest BCUT2D eigenvalue weighted by molar-refractivity contribution is 6.30. The maximum absolute atomic E-state index is 12.5. The molecule has 0 spiro atoms. The molecule has 4 rings (SSSR count). The van der Waals surface area contributed by atoms with Crippen LogP contribution in [0.3, 0.4) is 0 Å². The summed E-state index contributed by atoms with van der Waals surface area (Å²) in [6, 6.07) is 16.6. The number of benzene rings is 2. The Morgan fingerprint density at radius 1 is 1.00 bits per heavy atom. The van der Waals surface area contributed by atoms with E-state index in [1.165, 1.54) is 0 Å². The van der Waals surface area contributed by atoms with Gasteiger partial charge in [0.15, 0.2) is 0 Å². The summed E-state index contributed by atoms with van der Waals surface area (Å²) in [5, 5.41) is 0.654. The van der Waals surface area contributed by atoms with Crippen LogP contribution in [0.4, 0.5) is 11.4 Å². The van der Waals surface area contributed by atoms with E-state index >= 15 is 0 Å². The van der Waals surface area contributed by atoms with Crippen LogP contribution in [0.5, 0.6) is 0 Å². The largest absolute Gasteiger partial charge is 0.364 e. The number of aromatic nitrogens is 1. The lowest BCUT2D eigenvalue weighted by Crippen LogP contribution is -2.23. The average molecular weight is 392 g/mol. The minimum absolute atomic E-state index is 0.0617. The van der Waals surface area contributed by atoms with Crippen molar-refractivity contribution in [2.24, 2.45) is 5.73 Å². The van der Waals surface area contributed by atoms with Crippen LogP contribution in [0.25, 0.3) is 11.3 Å². The second kappa shape index (κ2) is 7.09. The van der Waals surface area contributed by atoms with E-state index in [0.29, 0.717) is 10.7 Å². The Morgan fingerprint density at radius 2 is 1.68 bits per heavy atom. The smallest absolute Gasteiger partial charge is 0.267 e. The number of amides is 2. The molecule has 6 heteroatoms. The molecule has 0 fully saturated rings. The number of anilines is 2. The van der Waals surface area contributed by atoms with E-state index in [2.05, 4.69) is 4.98 Å². The quantitative estimate of drug-likeness (QED) is 0.708. The summed E-state index contributed by atoms with van der Waals surface area (Å²) in [6.45, 7) is 1.55. The number of nitrogens with zero attached hydrogens (tertiary/aromatic N) is 2. The summed E-state index contributed by atoms with van der Waals surface area (Å²) >= 11 is 6.16. The highest BCUT2D eigenvalue weighted by atomic mass is 35.5. The second-order valence-corrected chi connectivity index (χ2v) is 7.18. The predicted octanol–water partition coefficient (Wildman–Crippen LogP) is 4.28. The zero-order valence-corrected chi connectivity index (χ0v) is 16.0. The number of hydrogen-bond donors (Lipinski definition) is 1. The third-order valence-electron chi connectivity index (χ3n) is 4.88. The van der Waals surface area contributed by atoms with Gasteiger partial charge < -0.3 is 5.73 Å². The van der Waals surface area contributed by atoms with Gasteiger partial charge in [0.05, 0.1) is 17.1 Å². The molecule has 1 aliphatic rings. The van der Waals surface area contributed by atoms with Gasteiger partial charge in [0.25, 0.3) is 5.91 Å². The van der Waals surface area contributed by atoms with Crippen LogP contribution in [0, 0.1) is 0 Å². The number of carbonyl (C=O) groups is 2. The molecule has 0 saturated heterocycles. The SMILES string of the molecule is CC(=O)N1c2ccc(Cl)cc2CCc2cc(-c3cccc(C(N)=O)n3)ccc21. The molecule has 0 aliphatic carbocycles. The number of primary amides is 1. The maximum Gasteiger partial charge on any atom is 0.267 e. The summed E-state index contributed by atoms with van der Waals surface area (Å²) in [5.41, 5.74) is 10.9. The number of pyridine rings is 1. The zero-order chi connectivity index (χ0) is 19.8. The van der Waals surface area contributed by atoms with Crippen molar-refractivity contribution in [3.8, 4) is 11.3 Å². The second-order valence-electron chi connectivity index (χ2n) is 6.74. The van der Waals surface area contributed by atoms with Crippen LogP contribution in [0.2, 0.25) is 5.02 Å². The average Bonchev–Trinajstić information content (AvgIpc) is 2.84. The highest BCUT2D eigenvalue weighted by Gasteiger charge is 2.24. The van der Waals surface area contributed by atoms with E-state index in [1.54, 1.807) is 30.0 Å². The van der Waals surface area contributed by atoms with Gasteiger partial charge in [0.1, 0.15) is 5.69 Å². The van der Waals surface area contributed by atoms with Crippen molar-refractivity contribution in [2.45, 2.75) is 19.8 Å². The first-order valence-electron chi connectivity index (χ1n) is 8.93. The Bertz CT molecular complexity index is 1110. The monoisotopic (exact) mass is 391 g/mol. The number of hydrogen-bond acceptors (Lipinski definition) is 3. The molecule has 0 atom stereocenters. The molecule has 0 radical (unpaired) electrons. The minimum atomic E-state index is -0.563. The van der Waals surface area contributed by atoms with Crippen LogP contribution in [0.1, 0.15) is 28.5 Å².